The smallest absolute Gasteiger partial charge is 0.145 e. The van der Waals surface area contributed by atoms with Crippen LogP contribution in [0.15, 0.2) is 36.5 Å². The number of ether oxygens (including phenoxy) is 2. The van der Waals surface area contributed by atoms with Crippen molar-refractivity contribution >= 4 is 0 Å². The third kappa shape index (κ3) is 3.03. The van der Waals surface area contributed by atoms with E-state index in [4.69, 9.17) is 9.47 Å². The number of rotatable bonds is 4. The minimum absolute atomic E-state index is 0.569. The number of nitrogens with zero attached hydrogens (tertiary/aromatic N) is 1. The first-order valence-corrected chi connectivity index (χ1v) is 6.07. The first-order valence-electron chi connectivity index (χ1n) is 6.07. The van der Waals surface area contributed by atoms with E-state index in [1.165, 1.54) is 0 Å². The second-order valence-corrected chi connectivity index (χ2v) is 4.29. The monoisotopic (exact) mass is 259 g/mol. The van der Waals surface area contributed by atoms with E-state index in [1.807, 2.05) is 25.1 Å². The molecule has 1 atom stereocenters. The number of hydrogen-bond acceptors (Lipinski definition) is 4. The zero-order valence-electron chi connectivity index (χ0n) is 11.3. The summed E-state index contributed by atoms with van der Waals surface area (Å²) in [5.41, 5.74) is 1.55. The summed E-state index contributed by atoms with van der Waals surface area (Å²) < 4.78 is 11.0. The molecule has 0 unspecified atom stereocenters. The predicted molar refractivity (Wildman–Crippen MR) is 72.7 cm³/mol. The number of benzene rings is 1. The molecule has 4 nitrogen and oxygen atoms in total. The maximum Gasteiger partial charge on any atom is 0.145 e. The van der Waals surface area contributed by atoms with Crippen molar-refractivity contribution < 1.29 is 14.6 Å². The zero-order valence-corrected chi connectivity index (χ0v) is 11.3. The molecule has 0 spiro atoms. The molecule has 100 valence electrons. The van der Waals surface area contributed by atoms with Crippen LogP contribution in [0.1, 0.15) is 24.3 Å². The van der Waals surface area contributed by atoms with E-state index in [0.717, 1.165) is 5.69 Å². The topological polar surface area (TPSA) is 51.6 Å². The summed E-state index contributed by atoms with van der Waals surface area (Å²) in [5, 5.41) is 9.86. The normalized spacial score (nSPS) is 12.0. The summed E-state index contributed by atoms with van der Waals surface area (Å²) >= 11 is 0. The van der Waals surface area contributed by atoms with Gasteiger partial charge in [-0.2, -0.15) is 0 Å². The molecule has 0 aliphatic heterocycles. The van der Waals surface area contributed by atoms with Crippen LogP contribution in [0, 0.1) is 6.92 Å². The van der Waals surface area contributed by atoms with Crippen LogP contribution in [0.2, 0.25) is 0 Å². The molecule has 4 heteroatoms. The van der Waals surface area contributed by atoms with Crippen LogP contribution in [0.4, 0.5) is 0 Å². The molecule has 1 heterocycles. The number of pyridine rings is 1. The van der Waals surface area contributed by atoms with Gasteiger partial charge in [0.2, 0.25) is 0 Å². The van der Waals surface area contributed by atoms with Crippen molar-refractivity contribution in [1.82, 2.24) is 4.98 Å². The Bertz CT molecular complexity index is 550. The van der Waals surface area contributed by atoms with Gasteiger partial charge in [-0.1, -0.05) is 6.07 Å². The van der Waals surface area contributed by atoms with Gasteiger partial charge in [-0.05, 0) is 38.1 Å². The Morgan fingerprint density at radius 2 is 1.89 bits per heavy atom. The van der Waals surface area contributed by atoms with Gasteiger partial charge < -0.3 is 14.6 Å². The lowest BCUT2D eigenvalue weighted by atomic mass is 10.1. The van der Waals surface area contributed by atoms with Crippen LogP contribution in [-0.2, 0) is 0 Å². The molecule has 0 aliphatic carbocycles. The number of hydrogen-bond donors (Lipinski definition) is 1. The molecule has 2 rings (SSSR count). The Morgan fingerprint density at radius 1 is 1.16 bits per heavy atom. The highest BCUT2D eigenvalue weighted by Gasteiger charge is 2.15. The second kappa shape index (κ2) is 5.71. The van der Waals surface area contributed by atoms with E-state index >= 15 is 0 Å². The average molecular weight is 259 g/mol. The van der Waals surface area contributed by atoms with Gasteiger partial charge in [0.25, 0.3) is 0 Å². The highest BCUT2D eigenvalue weighted by Crippen LogP contribution is 2.36. The summed E-state index contributed by atoms with van der Waals surface area (Å²) in [4.78, 5) is 4.17. The SMILES string of the molecule is COc1cccc(Oc2ccc(C)nc2)c1[C@H](C)O. The highest BCUT2D eigenvalue weighted by molar-refractivity contribution is 5.47. The van der Waals surface area contributed by atoms with Crippen LogP contribution >= 0.6 is 0 Å². The van der Waals surface area contributed by atoms with E-state index in [1.54, 1.807) is 32.4 Å². The lowest BCUT2D eigenvalue weighted by Gasteiger charge is -2.16. The quantitative estimate of drug-likeness (QED) is 0.915. The molecule has 2 aromatic rings. The van der Waals surface area contributed by atoms with Crippen LogP contribution < -0.4 is 9.47 Å². The first-order chi connectivity index (χ1) is 9.11. The molecule has 0 saturated carbocycles. The van der Waals surface area contributed by atoms with Gasteiger partial charge in [-0.15, -0.1) is 0 Å². The van der Waals surface area contributed by atoms with E-state index < -0.39 is 6.10 Å². The van der Waals surface area contributed by atoms with Crippen molar-refractivity contribution in [3.63, 3.8) is 0 Å². The van der Waals surface area contributed by atoms with Crippen molar-refractivity contribution in [3.05, 3.63) is 47.8 Å². The molecule has 1 aromatic heterocycles. The van der Waals surface area contributed by atoms with Crippen LogP contribution in [0.25, 0.3) is 0 Å². The molecule has 0 aliphatic rings. The molecule has 0 bridgehead atoms. The standard InChI is InChI=1S/C15H17NO3/c1-10-7-8-12(9-16-10)19-14-6-4-5-13(18-3)15(14)11(2)17/h4-9,11,17H,1-3H3/t11-/m0/s1. The first kappa shape index (κ1) is 13.4. The summed E-state index contributed by atoms with van der Waals surface area (Å²) in [6.07, 6.45) is 0.977. The zero-order chi connectivity index (χ0) is 13.8. The summed E-state index contributed by atoms with van der Waals surface area (Å²) in [7, 11) is 1.57. The number of aryl methyl sites for hydroxylation is 1. The van der Waals surface area contributed by atoms with Crippen molar-refractivity contribution in [3.8, 4) is 17.2 Å². The summed E-state index contributed by atoms with van der Waals surface area (Å²) in [5.74, 6) is 1.80. The lowest BCUT2D eigenvalue weighted by molar-refractivity contribution is 0.190. The van der Waals surface area contributed by atoms with Crippen LogP contribution in [0.5, 0.6) is 17.2 Å². The van der Waals surface area contributed by atoms with Crippen LogP contribution in [0.3, 0.4) is 0 Å². The third-order valence-electron chi connectivity index (χ3n) is 2.78. The van der Waals surface area contributed by atoms with E-state index in [0.29, 0.717) is 22.8 Å². The Hall–Kier alpha value is -2.07. The molecule has 19 heavy (non-hydrogen) atoms. The Balaban J connectivity index is 2.36. The minimum atomic E-state index is -0.676. The van der Waals surface area contributed by atoms with Gasteiger partial charge in [0.15, 0.2) is 0 Å². The average Bonchev–Trinajstić information content (AvgIpc) is 2.40. The largest absolute Gasteiger partial charge is 0.496 e. The van der Waals surface area contributed by atoms with E-state index in [2.05, 4.69) is 4.98 Å². The fourth-order valence-electron chi connectivity index (χ4n) is 1.84. The molecular weight excluding hydrogens is 242 g/mol. The van der Waals surface area contributed by atoms with E-state index in [-0.39, 0.29) is 0 Å². The van der Waals surface area contributed by atoms with Gasteiger partial charge in [-0.25, -0.2) is 0 Å². The fraction of sp³-hybridized carbons (Fsp3) is 0.267. The molecule has 0 radical (unpaired) electrons. The summed E-state index contributed by atoms with van der Waals surface area (Å²) in [6.45, 7) is 3.59. The van der Waals surface area contributed by atoms with Crippen molar-refractivity contribution in [1.29, 1.82) is 0 Å². The minimum Gasteiger partial charge on any atom is -0.496 e. The third-order valence-corrected chi connectivity index (χ3v) is 2.78. The lowest BCUT2D eigenvalue weighted by Crippen LogP contribution is -2.00. The maximum absolute atomic E-state index is 9.86. The highest BCUT2D eigenvalue weighted by atomic mass is 16.5. The van der Waals surface area contributed by atoms with Gasteiger partial charge in [0, 0.05) is 5.69 Å². The molecule has 1 aromatic carbocycles. The van der Waals surface area contributed by atoms with Gasteiger partial charge in [-0.3, -0.25) is 4.98 Å². The molecular formula is C15H17NO3. The number of methoxy groups -OCH3 is 1. The fourth-order valence-corrected chi connectivity index (χ4v) is 1.84. The number of aromatic nitrogens is 1. The summed E-state index contributed by atoms with van der Waals surface area (Å²) in [6, 6.07) is 9.12. The van der Waals surface area contributed by atoms with Crippen molar-refractivity contribution in [2.75, 3.05) is 7.11 Å². The second-order valence-electron chi connectivity index (χ2n) is 4.29. The van der Waals surface area contributed by atoms with Crippen molar-refractivity contribution in [2.45, 2.75) is 20.0 Å². The van der Waals surface area contributed by atoms with Crippen LogP contribution in [-0.4, -0.2) is 17.2 Å². The number of aliphatic hydroxyl groups excluding tert-OH is 1. The van der Waals surface area contributed by atoms with Gasteiger partial charge in [0.05, 0.1) is 25.0 Å². The van der Waals surface area contributed by atoms with E-state index in [9.17, 15) is 5.11 Å². The van der Waals surface area contributed by atoms with Gasteiger partial charge in [0.1, 0.15) is 17.2 Å². The molecule has 0 saturated heterocycles. The Kier molecular flexibility index (Phi) is 4.02. The molecule has 0 amide bonds. The molecule has 1 N–H and O–H groups in total. The Morgan fingerprint density at radius 3 is 2.47 bits per heavy atom. The predicted octanol–water partition coefficient (Wildman–Crippen LogP) is 3.24. The van der Waals surface area contributed by atoms with Crippen molar-refractivity contribution in [2.24, 2.45) is 0 Å². The number of aliphatic hydroxyl groups is 1. The van der Waals surface area contributed by atoms with Gasteiger partial charge >= 0.3 is 0 Å². The maximum atomic E-state index is 9.86. The molecule has 0 fully saturated rings. The Labute approximate surface area is 112 Å².